The zero-order valence-electron chi connectivity index (χ0n) is 12.3. The largest absolute Gasteiger partial charge is 0.399 e. The molecule has 0 aliphatic rings. The van der Waals surface area contributed by atoms with Crippen molar-refractivity contribution in [3.63, 3.8) is 0 Å². The lowest BCUT2D eigenvalue weighted by Gasteiger charge is -2.13. The van der Waals surface area contributed by atoms with Crippen LogP contribution in [0.15, 0.2) is 35.6 Å². The van der Waals surface area contributed by atoms with Gasteiger partial charge in [-0.15, -0.1) is 0 Å². The Balaban J connectivity index is 2.04. The summed E-state index contributed by atoms with van der Waals surface area (Å²) >= 11 is 1.33. The molecule has 110 valence electrons. The van der Waals surface area contributed by atoms with E-state index >= 15 is 0 Å². The van der Waals surface area contributed by atoms with Crippen molar-refractivity contribution in [3.8, 4) is 0 Å². The zero-order chi connectivity index (χ0) is 15.4. The number of aryl methyl sites for hydroxylation is 2. The number of hydrogen-bond acceptors (Lipinski definition) is 5. The Labute approximate surface area is 128 Å². The lowest BCUT2D eigenvalue weighted by molar-refractivity contribution is -0.115. The van der Waals surface area contributed by atoms with Gasteiger partial charge in [-0.3, -0.25) is 4.79 Å². The average Bonchev–Trinajstić information content (AvgIpc) is 2.43. The first kappa shape index (κ1) is 15.3. The number of hydrogen-bond donors (Lipinski definition) is 2. The predicted octanol–water partition coefficient (Wildman–Crippen LogP) is 2.79. The maximum Gasteiger partial charge on any atom is 0.237 e. The third kappa shape index (κ3) is 4.19. The molecule has 5 nitrogen and oxygen atoms in total. The first-order valence-electron chi connectivity index (χ1n) is 6.59. The van der Waals surface area contributed by atoms with E-state index in [9.17, 15) is 4.79 Å². The van der Waals surface area contributed by atoms with Crippen LogP contribution in [0.25, 0.3) is 0 Å². The van der Waals surface area contributed by atoms with Crippen LogP contribution < -0.4 is 11.1 Å². The number of nitrogens with zero attached hydrogens (tertiary/aromatic N) is 2. The van der Waals surface area contributed by atoms with Crippen LogP contribution >= 0.6 is 11.8 Å². The van der Waals surface area contributed by atoms with Crippen molar-refractivity contribution < 1.29 is 4.79 Å². The van der Waals surface area contributed by atoms with E-state index in [1.807, 2.05) is 39.0 Å². The van der Waals surface area contributed by atoms with Crippen LogP contribution in [0.5, 0.6) is 0 Å². The molecular weight excluding hydrogens is 284 g/mol. The van der Waals surface area contributed by atoms with Gasteiger partial charge >= 0.3 is 0 Å². The third-order valence-corrected chi connectivity index (χ3v) is 3.92. The molecule has 1 aromatic heterocycles. The van der Waals surface area contributed by atoms with Crippen molar-refractivity contribution in [1.82, 2.24) is 9.97 Å². The minimum Gasteiger partial charge on any atom is -0.399 e. The third-order valence-electron chi connectivity index (χ3n) is 2.94. The van der Waals surface area contributed by atoms with E-state index in [0.717, 1.165) is 16.9 Å². The number of aromatic nitrogens is 2. The van der Waals surface area contributed by atoms with Gasteiger partial charge in [-0.25, -0.2) is 9.97 Å². The van der Waals surface area contributed by atoms with Crippen LogP contribution in [-0.4, -0.2) is 21.1 Å². The standard InChI is InChI=1S/C15H18N4OS/c1-9-4-5-12(16)8-13(9)19-14(20)11(3)21-15-17-7-6-10(2)18-15/h4-8,11H,16H2,1-3H3,(H,19,20). The summed E-state index contributed by atoms with van der Waals surface area (Å²) in [7, 11) is 0. The molecule has 1 amide bonds. The van der Waals surface area contributed by atoms with E-state index in [0.29, 0.717) is 10.8 Å². The lowest BCUT2D eigenvalue weighted by Crippen LogP contribution is -2.23. The number of carbonyl (C=O) groups is 1. The van der Waals surface area contributed by atoms with Gasteiger partial charge in [0.1, 0.15) is 0 Å². The molecule has 21 heavy (non-hydrogen) atoms. The SMILES string of the molecule is Cc1ccnc(SC(C)C(=O)Nc2cc(N)ccc2C)n1. The summed E-state index contributed by atoms with van der Waals surface area (Å²) in [4.78, 5) is 20.7. The minimum absolute atomic E-state index is 0.0983. The summed E-state index contributed by atoms with van der Waals surface area (Å²) in [6, 6.07) is 7.27. The monoisotopic (exact) mass is 302 g/mol. The van der Waals surface area contributed by atoms with Gasteiger partial charge in [0.2, 0.25) is 5.91 Å². The number of nitrogens with two attached hydrogens (primary N) is 1. The van der Waals surface area contributed by atoms with Crippen LogP contribution in [-0.2, 0) is 4.79 Å². The molecule has 3 N–H and O–H groups in total. The van der Waals surface area contributed by atoms with Crippen molar-refractivity contribution in [2.75, 3.05) is 11.1 Å². The number of amides is 1. The van der Waals surface area contributed by atoms with Gasteiger partial charge in [0.05, 0.1) is 5.25 Å². The highest BCUT2D eigenvalue weighted by Gasteiger charge is 2.17. The molecule has 0 radical (unpaired) electrons. The molecule has 1 heterocycles. The Morgan fingerprint density at radius 3 is 2.81 bits per heavy atom. The quantitative estimate of drug-likeness (QED) is 0.515. The van der Waals surface area contributed by atoms with Gasteiger partial charge in [0, 0.05) is 23.3 Å². The van der Waals surface area contributed by atoms with E-state index in [4.69, 9.17) is 5.73 Å². The Morgan fingerprint density at radius 2 is 2.10 bits per heavy atom. The van der Waals surface area contributed by atoms with Gasteiger partial charge in [-0.1, -0.05) is 17.8 Å². The highest BCUT2D eigenvalue weighted by Crippen LogP contribution is 2.23. The van der Waals surface area contributed by atoms with E-state index in [1.165, 1.54) is 11.8 Å². The number of rotatable bonds is 4. The van der Waals surface area contributed by atoms with Crippen molar-refractivity contribution in [3.05, 3.63) is 41.7 Å². The number of carbonyl (C=O) groups excluding carboxylic acids is 1. The molecule has 0 fully saturated rings. The maximum absolute atomic E-state index is 12.2. The topological polar surface area (TPSA) is 80.9 Å². The number of thioether (sulfide) groups is 1. The van der Waals surface area contributed by atoms with Crippen molar-refractivity contribution in [2.45, 2.75) is 31.2 Å². The fraction of sp³-hybridized carbons (Fsp3) is 0.267. The Hall–Kier alpha value is -2.08. The Morgan fingerprint density at radius 1 is 1.33 bits per heavy atom. The van der Waals surface area contributed by atoms with Gasteiger partial charge in [-0.05, 0) is 44.5 Å². The fourth-order valence-corrected chi connectivity index (χ4v) is 2.50. The second-order valence-electron chi connectivity index (χ2n) is 4.80. The van der Waals surface area contributed by atoms with Gasteiger partial charge in [-0.2, -0.15) is 0 Å². The molecule has 0 saturated heterocycles. The Bertz CT molecular complexity index is 660. The summed E-state index contributed by atoms with van der Waals surface area (Å²) in [5.41, 5.74) is 8.96. The maximum atomic E-state index is 12.2. The highest BCUT2D eigenvalue weighted by atomic mass is 32.2. The molecular formula is C15H18N4OS. The minimum atomic E-state index is -0.298. The number of benzene rings is 1. The predicted molar refractivity (Wildman–Crippen MR) is 86.3 cm³/mol. The lowest BCUT2D eigenvalue weighted by atomic mass is 10.2. The normalized spacial score (nSPS) is 12.0. The molecule has 2 rings (SSSR count). The van der Waals surface area contributed by atoms with Crippen LogP contribution in [0.4, 0.5) is 11.4 Å². The zero-order valence-corrected chi connectivity index (χ0v) is 13.1. The van der Waals surface area contributed by atoms with Crippen LogP contribution in [0.1, 0.15) is 18.2 Å². The summed E-state index contributed by atoms with van der Waals surface area (Å²) in [6.07, 6.45) is 1.69. The molecule has 1 atom stereocenters. The van der Waals surface area contributed by atoms with E-state index in [-0.39, 0.29) is 11.2 Å². The number of nitrogens with one attached hydrogen (secondary N) is 1. The van der Waals surface area contributed by atoms with Crippen LogP contribution in [0.2, 0.25) is 0 Å². The van der Waals surface area contributed by atoms with E-state index in [1.54, 1.807) is 12.3 Å². The summed E-state index contributed by atoms with van der Waals surface area (Å²) in [5, 5.41) is 3.19. The van der Waals surface area contributed by atoms with Gasteiger partial charge in [0.25, 0.3) is 0 Å². The van der Waals surface area contributed by atoms with Crippen molar-refractivity contribution in [2.24, 2.45) is 0 Å². The van der Waals surface area contributed by atoms with Crippen molar-refractivity contribution >= 4 is 29.0 Å². The summed E-state index contributed by atoms with van der Waals surface area (Å²) in [5.74, 6) is -0.0983. The molecule has 0 saturated carbocycles. The molecule has 2 aromatic rings. The molecule has 0 aliphatic carbocycles. The van der Waals surface area contributed by atoms with Gasteiger partial charge in [0.15, 0.2) is 5.16 Å². The van der Waals surface area contributed by atoms with Gasteiger partial charge < -0.3 is 11.1 Å². The molecule has 1 aromatic carbocycles. The molecule has 0 aliphatic heterocycles. The molecule has 0 bridgehead atoms. The summed E-state index contributed by atoms with van der Waals surface area (Å²) < 4.78 is 0. The average molecular weight is 302 g/mol. The summed E-state index contributed by atoms with van der Waals surface area (Å²) in [6.45, 7) is 5.65. The highest BCUT2D eigenvalue weighted by molar-refractivity contribution is 8.00. The fourth-order valence-electron chi connectivity index (χ4n) is 1.70. The molecule has 1 unspecified atom stereocenters. The first-order valence-corrected chi connectivity index (χ1v) is 7.47. The van der Waals surface area contributed by atoms with Crippen molar-refractivity contribution in [1.29, 1.82) is 0 Å². The Kier molecular flexibility index (Phi) is 4.80. The second kappa shape index (κ2) is 6.58. The molecule has 0 spiro atoms. The first-order chi connectivity index (χ1) is 9.95. The number of nitrogen functional groups attached to an aromatic ring is 1. The number of anilines is 2. The van der Waals surface area contributed by atoms with Crippen LogP contribution in [0, 0.1) is 13.8 Å². The second-order valence-corrected chi connectivity index (χ2v) is 6.11. The molecule has 6 heteroatoms. The van der Waals surface area contributed by atoms with E-state index < -0.39 is 0 Å². The van der Waals surface area contributed by atoms with E-state index in [2.05, 4.69) is 15.3 Å². The smallest absolute Gasteiger partial charge is 0.237 e. The van der Waals surface area contributed by atoms with Crippen LogP contribution in [0.3, 0.4) is 0 Å².